The molecule has 2 amide bonds. The predicted molar refractivity (Wildman–Crippen MR) is 108 cm³/mol. The highest BCUT2D eigenvalue weighted by atomic mass is 35.5. The van der Waals surface area contributed by atoms with Crippen molar-refractivity contribution in [2.45, 2.75) is 0 Å². The number of benzene rings is 2. The average Bonchev–Trinajstić information content (AvgIpc) is 2.65. The molecule has 1 aliphatic heterocycles. The van der Waals surface area contributed by atoms with E-state index < -0.39 is 11.8 Å². The van der Waals surface area contributed by atoms with Gasteiger partial charge in [-0.2, -0.15) is 0 Å². The van der Waals surface area contributed by atoms with Crippen molar-refractivity contribution in [1.29, 1.82) is 0 Å². The Hall–Kier alpha value is -2.76. The molecule has 4 nitrogen and oxygen atoms in total. The minimum Gasteiger partial charge on any atom is -0.280 e. The summed E-state index contributed by atoms with van der Waals surface area (Å²) in [6.45, 7) is 3.88. The van der Waals surface area contributed by atoms with Gasteiger partial charge in [-0.1, -0.05) is 48.0 Å². The van der Waals surface area contributed by atoms with Gasteiger partial charge in [-0.25, -0.2) is 0 Å². The van der Waals surface area contributed by atoms with Gasteiger partial charge in [-0.3, -0.25) is 19.4 Å². The number of carbonyl (C=O) groups excluding carboxylic acids is 2. The van der Waals surface area contributed by atoms with Crippen LogP contribution < -0.4 is 4.90 Å². The van der Waals surface area contributed by atoms with E-state index >= 15 is 0 Å². The molecule has 0 unspecified atom stereocenters. The van der Waals surface area contributed by atoms with E-state index in [1.807, 2.05) is 18.2 Å². The maximum Gasteiger partial charge on any atom is 0.270 e. The van der Waals surface area contributed by atoms with E-state index in [1.165, 1.54) is 9.80 Å². The van der Waals surface area contributed by atoms with Crippen molar-refractivity contribution in [3.8, 4) is 0 Å². The first-order chi connectivity index (χ1) is 12.5. The number of rotatable bonds is 4. The Bertz CT molecular complexity index is 907. The molecule has 0 radical (unpaired) electrons. The van der Waals surface area contributed by atoms with E-state index in [1.54, 1.807) is 48.6 Å². The Labute approximate surface area is 162 Å². The monoisotopic (exact) mass is 382 g/mol. The lowest BCUT2D eigenvalue weighted by molar-refractivity contribution is -0.127. The fourth-order valence-corrected chi connectivity index (χ4v) is 3.07. The summed E-state index contributed by atoms with van der Waals surface area (Å²) in [5.74, 6) is -0.900. The number of halogens is 1. The molecule has 26 heavy (non-hydrogen) atoms. The van der Waals surface area contributed by atoms with E-state index in [0.717, 1.165) is 0 Å². The lowest BCUT2D eigenvalue weighted by Crippen LogP contribution is -2.56. The van der Waals surface area contributed by atoms with Crippen molar-refractivity contribution in [1.82, 2.24) is 4.90 Å². The predicted octanol–water partition coefficient (Wildman–Crippen LogP) is 4.07. The van der Waals surface area contributed by atoms with Gasteiger partial charge in [0.2, 0.25) is 0 Å². The van der Waals surface area contributed by atoms with Crippen LogP contribution in [0.3, 0.4) is 0 Å². The highest BCUT2D eigenvalue weighted by Crippen LogP contribution is 2.26. The minimum absolute atomic E-state index is 0.0339. The lowest BCUT2D eigenvalue weighted by Gasteiger charge is -2.36. The van der Waals surface area contributed by atoms with Crippen LogP contribution >= 0.6 is 23.8 Å². The van der Waals surface area contributed by atoms with Crippen molar-refractivity contribution in [2.24, 2.45) is 0 Å². The molecule has 1 aliphatic rings. The van der Waals surface area contributed by atoms with Crippen LogP contribution in [0.2, 0.25) is 5.02 Å². The number of amides is 2. The van der Waals surface area contributed by atoms with Gasteiger partial charge in [0.1, 0.15) is 5.57 Å². The number of hydrogen-bond acceptors (Lipinski definition) is 3. The molecule has 2 aromatic rings. The summed E-state index contributed by atoms with van der Waals surface area (Å²) < 4.78 is 0. The molecular formula is C20H15ClN2O2S. The average molecular weight is 383 g/mol. The molecule has 6 heteroatoms. The molecule has 0 N–H and O–H groups in total. The van der Waals surface area contributed by atoms with Gasteiger partial charge >= 0.3 is 0 Å². The third-order valence-electron chi connectivity index (χ3n) is 3.84. The Morgan fingerprint density at radius 3 is 2.27 bits per heavy atom. The van der Waals surface area contributed by atoms with Gasteiger partial charge in [-0.05, 0) is 48.1 Å². The quantitative estimate of drug-likeness (QED) is 0.346. The minimum atomic E-state index is -0.457. The van der Waals surface area contributed by atoms with Crippen molar-refractivity contribution in [3.05, 3.63) is 83.4 Å². The normalized spacial score (nSPS) is 16.3. The molecule has 0 bridgehead atoms. The van der Waals surface area contributed by atoms with Crippen LogP contribution in [0.4, 0.5) is 5.69 Å². The molecule has 2 aromatic carbocycles. The maximum absolute atomic E-state index is 13.0. The van der Waals surface area contributed by atoms with Gasteiger partial charge in [0.15, 0.2) is 5.11 Å². The second-order valence-corrected chi connectivity index (χ2v) is 6.37. The molecule has 0 saturated carbocycles. The summed E-state index contributed by atoms with van der Waals surface area (Å²) in [7, 11) is 0. The smallest absolute Gasteiger partial charge is 0.270 e. The van der Waals surface area contributed by atoms with E-state index in [4.69, 9.17) is 23.8 Å². The Morgan fingerprint density at radius 2 is 1.65 bits per heavy atom. The molecule has 1 fully saturated rings. The standard InChI is InChI=1S/C20H15ClN2O2S/c1-2-12-22-18(24)17(13-14-8-10-15(21)11-9-14)19(25)23(20(22)26)16-6-4-3-5-7-16/h2-11,13H,1,12H2/b17-13+. The molecule has 0 spiro atoms. The SMILES string of the molecule is C=CCN1C(=O)/C(=C\c2ccc(Cl)cc2)C(=O)N(c2ccccc2)C1=S. The van der Waals surface area contributed by atoms with Crippen LogP contribution in [0, 0.1) is 0 Å². The fraction of sp³-hybridized carbons (Fsp3) is 0.0500. The van der Waals surface area contributed by atoms with Crippen LogP contribution in [0.5, 0.6) is 0 Å². The molecule has 1 saturated heterocycles. The molecule has 3 rings (SSSR count). The largest absolute Gasteiger partial charge is 0.280 e. The summed E-state index contributed by atoms with van der Waals surface area (Å²) >= 11 is 11.3. The summed E-state index contributed by atoms with van der Waals surface area (Å²) in [4.78, 5) is 28.6. The van der Waals surface area contributed by atoms with Gasteiger partial charge in [0, 0.05) is 11.6 Å². The molecule has 0 atom stereocenters. The van der Waals surface area contributed by atoms with Crippen LogP contribution in [0.15, 0.2) is 72.8 Å². The number of thiocarbonyl (C=S) groups is 1. The zero-order valence-corrected chi connectivity index (χ0v) is 15.3. The van der Waals surface area contributed by atoms with E-state index in [0.29, 0.717) is 16.3 Å². The van der Waals surface area contributed by atoms with Crippen molar-refractivity contribution in [2.75, 3.05) is 11.4 Å². The summed E-state index contributed by atoms with van der Waals surface area (Å²) in [6, 6.07) is 15.9. The maximum atomic E-state index is 13.0. The zero-order chi connectivity index (χ0) is 18.7. The van der Waals surface area contributed by atoms with Crippen molar-refractivity contribution < 1.29 is 9.59 Å². The number of anilines is 1. The van der Waals surface area contributed by atoms with Gasteiger partial charge in [0.05, 0.1) is 5.69 Å². The third kappa shape index (κ3) is 3.45. The first-order valence-corrected chi connectivity index (χ1v) is 8.65. The third-order valence-corrected chi connectivity index (χ3v) is 4.49. The molecule has 1 heterocycles. The first kappa shape index (κ1) is 18.0. The van der Waals surface area contributed by atoms with Crippen LogP contribution in [0.25, 0.3) is 6.08 Å². The van der Waals surface area contributed by atoms with Crippen LogP contribution in [0.1, 0.15) is 5.56 Å². The molecular weight excluding hydrogens is 368 g/mol. The lowest BCUT2D eigenvalue weighted by atomic mass is 10.1. The van der Waals surface area contributed by atoms with Crippen molar-refractivity contribution >= 4 is 52.5 Å². The summed E-state index contributed by atoms with van der Waals surface area (Å²) in [5, 5.41) is 0.716. The Kier molecular flexibility index (Phi) is 5.30. The number of para-hydroxylation sites is 1. The zero-order valence-electron chi connectivity index (χ0n) is 13.8. The van der Waals surface area contributed by atoms with Crippen LogP contribution in [-0.4, -0.2) is 28.4 Å². The van der Waals surface area contributed by atoms with Gasteiger partial charge in [-0.15, -0.1) is 6.58 Å². The Balaban J connectivity index is 2.09. The van der Waals surface area contributed by atoms with Gasteiger partial charge in [0.25, 0.3) is 11.8 Å². The van der Waals surface area contributed by atoms with Crippen LogP contribution in [-0.2, 0) is 9.59 Å². The summed E-state index contributed by atoms with van der Waals surface area (Å²) in [6.07, 6.45) is 3.12. The number of carbonyl (C=O) groups is 2. The molecule has 0 aromatic heterocycles. The second kappa shape index (κ2) is 7.64. The van der Waals surface area contributed by atoms with Crippen molar-refractivity contribution in [3.63, 3.8) is 0 Å². The second-order valence-electron chi connectivity index (χ2n) is 5.57. The fourth-order valence-electron chi connectivity index (χ4n) is 2.60. The van der Waals surface area contributed by atoms with E-state index in [-0.39, 0.29) is 17.2 Å². The van der Waals surface area contributed by atoms with E-state index in [2.05, 4.69) is 6.58 Å². The topological polar surface area (TPSA) is 40.6 Å². The Morgan fingerprint density at radius 1 is 1.00 bits per heavy atom. The van der Waals surface area contributed by atoms with Gasteiger partial charge < -0.3 is 0 Å². The molecule has 130 valence electrons. The summed E-state index contributed by atoms with van der Waals surface area (Å²) in [5.41, 5.74) is 1.34. The highest BCUT2D eigenvalue weighted by molar-refractivity contribution is 7.80. The number of hydrogen-bond donors (Lipinski definition) is 0. The number of nitrogens with zero attached hydrogens (tertiary/aromatic N) is 2. The molecule has 0 aliphatic carbocycles. The first-order valence-electron chi connectivity index (χ1n) is 7.86. The highest BCUT2D eigenvalue weighted by Gasteiger charge is 2.39. The van der Waals surface area contributed by atoms with E-state index in [9.17, 15) is 9.59 Å².